The highest BCUT2D eigenvalue weighted by molar-refractivity contribution is 5.85. The number of hydrogen-bond acceptors (Lipinski definition) is 6. The number of alkyl halides is 3. The molecule has 0 unspecified atom stereocenters. The molecule has 0 saturated carbocycles. The summed E-state index contributed by atoms with van der Waals surface area (Å²) in [5.41, 5.74) is 0. The van der Waals surface area contributed by atoms with E-state index in [0.29, 0.717) is 0 Å². The molecule has 0 aliphatic carbocycles. The molecule has 0 radical (unpaired) electrons. The van der Waals surface area contributed by atoms with E-state index < -0.39 is 42.2 Å². The van der Waals surface area contributed by atoms with Crippen LogP contribution in [0.5, 0.6) is 0 Å². The van der Waals surface area contributed by atoms with Gasteiger partial charge in [-0.05, 0) is 5.92 Å². The largest absolute Gasteiger partial charge is 0.467 e. The molecule has 1 aliphatic rings. The number of halogens is 3. The van der Waals surface area contributed by atoms with Crippen molar-refractivity contribution in [2.75, 3.05) is 14.2 Å². The Morgan fingerprint density at radius 2 is 1.81 bits per heavy atom. The van der Waals surface area contributed by atoms with Crippen LogP contribution in [-0.4, -0.2) is 61.7 Å². The van der Waals surface area contributed by atoms with Crippen molar-refractivity contribution in [2.45, 2.75) is 38.1 Å². The van der Waals surface area contributed by atoms with Crippen LogP contribution in [0, 0.1) is 5.92 Å². The molecule has 0 aromatic rings. The van der Waals surface area contributed by atoms with Crippen molar-refractivity contribution in [3.8, 4) is 0 Å². The third kappa shape index (κ3) is 3.45. The van der Waals surface area contributed by atoms with Gasteiger partial charge in [0.25, 0.3) is 0 Å². The standard InChI is InChI=1S/C12H17F3N2O4/c1-6(2)8(11(19)21-4)17-5-16-7(10(18)20-3)9(17)12(13,14)15/h5-9H,1-4H3/t7-,8-,9-/m0/s1. The fourth-order valence-corrected chi connectivity index (χ4v) is 2.23. The molecule has 21 heavy (non-hydrogen) atoms. The lowest BCUT2D eigenvalue weighted by Crippen LogP contribution is -2.57. The van der Waals surface area contributed by atoms with Gasteiger partial charge in [-0.1, -0.05) is 13.8 Å². The number of aliphatic imine (C=N–C) groups is 1. The Kier molecular flexibility index (Phi) is 5.19. The number of esters is 2. The molecule has 0 spiro atoms. The predicted molar refractivity (Wildman–Crippen MR) is 66.6 cm³/mol. The molecular formula is C12H17F3N2O4. The van der Waals surface area contributed by atoms with E-state index >= 15 is 0 Å². The van der Waals surface area contributed by atoms with Crippen molar-refractivity contribution >= 4 is 18.3 Å². The first-order valence-electron chi connectivity index (χ1n) is 6.18. The summed E-state index contributed by atoms with van der Waals surface area (Å²) < 4.78 is 48.7. The molecule has 1 rings (SSSR count). The van der Waals surface area contributed by atoms with Gasteiger partial charge in [0.05, 0.1) is 20.6 Å². The van der Waals surface area contributed by atoms with Crippen molar-refractivity contribution in [3.05, 3.63) is 0 Å². The van der Waals surface area contributed by atoms with Gasteiger partial charge in [-0.15, -0.1) is 0 Å². The Morgan fingerprint density at radius 1 is 1.24 bits per heavy atom. The van der Waals surface area contributed by atoms with Gasteiger partial charge in [-0.25, -0.2) is 9.59 Å². The summed E-state index contributed by atoms with van der Waals surface area (Å²) in [6.07, 6.45) is -3.89. The van der Waals surface area contributed by atoms with E-state index in [2.05, 4.69) is 14.5 Å². The lowest BCUT2D eigenvalue weighted by atomic mass is 9.99. The highest BCUT2D eigenvalue weighted by atomic mass is 19.4. The van der Waals surface area contributed by atoms with Gasteiger partial charge in [0, 0.05) is 0 Å². The molecule has 0 aromatic heterocycles. The Hall–Kier alpha value is -1.80. The Labute approximate surface area is 119 Å². The molecule has 120 valence electrons. The second-order valence-electron chi connectivity index (χ2n) is 4.88. The first-order chi connectivity index (χ1) is 9.65. The average molecular weight is 310 g/mol. The highest BCUT2D eigenvalue weighted by Gasteiger charge is 2.56. The van der Waals surface area contributed by atoms with Gasteiger partial charge in [0.1, 0.15) is 6.04 Å². The molecule has 9 heteroatoms. The number of ether oxygens (including phenoxy) is 2. The number of carbonyl (C=O) groups is 2. The highest BCUT2D eigenvalue weighted by Crippen LogP contribution is 2.34. The molecule has 3 atom stereocenters. The van der Waals surface area contributed by atoms with E-state index in [1.54, 1.807) is 13.8 Å². The summed E-state index contributed by atoms with van der Waals surface area (Å²) in [5.74, 6) is -2.40. The molecule has 0 aromatic carbocycles. The van der Waals surface area contributed by atoms with Crippen molar-refractivity contribution in [1.82, 2.24) is 4.90 Å². The van der Waals surface area contributed by atoms with Crippen LogP contribution >= 0.6 is 0 Å². The fraction of sp³-hybridized carbons (Fsp3) is 0.750. The number of methoxy groups -OCH3 is 2. The van der Waals surface area contributed by atoms with Gasteiger partial charge < -0.3 is 14.4 Å². The van der Waals surface area contributed by atoms with Crippen LogP contribution in [0.25, 0.3) is 0 Å². The van der Waals surface area contributed by atoms with E-state index in [9.17, 15) is 22.8 Å². The minimum absolute atomic E-state index is 0.467. The number of nitrogens with zero attached hydrogens (tertiary/aromatic N) is 2. The quantitative estimate of drug-likeness (QED) is 0.725. The van der Waals surface area contributed by atoms with E-state index in [-0.39, 0.29) is 0 Å². The zero-order valence-electron chi connectivity index (χ0n) is 12.0. The lowest BCUT2D eigenvalue weighted by Gasteiger charge is -2.35. The van der Waals surface area contributed by atoms with Gasteiger partial charge in [0.15, 0.2) is 12.1 Å². The molecule has 6 nitrogen and oxygen atoms in total. The molecule has 1 heterocycles. The predicted octanol–water partition coefficient (Wildman–Crippen LogP) is 1.00. The zero-order valence-corrected chi connectivity index (χ0v) is 12.0. The van der Waals surface area contributed by atoms with Crippen LogP contribution in [0.4, 0.5) is 13.2 Å². The van der Waals surface area contributed by atoms with Crippen LogP contribution in [0.3, 0.4) is 0 Å². The van der Waals surface area contributed by atoms with Crippen LogP contribution in [0.15, 0.2) is 4.99 Å². The second-order valence-corrected chi connectivity index (χ2v) is 4.88. The third-order valence-corrected chi connectivity index (χ3v) is 3.15. The number of rotatable bonds is 4. The second kappa shape index (κ2) is 6.31. The average Bonchev–Trinajstić information content (AvgIpc) is 2.81. The summed E-state index contributed by atoms with van der Waals surface area (Å²) in [7, 11) is 2.07. The monoisotopic (exact) mass is 310 g/mol. The summed E-state index contributed by atoms with van der Waals surface area (Å²) >= 11 is 0. The fourth-order valence-electron chi connectivity index (χ4n) is 2.23. The molecule has 0 fully saturated rings. The SMILES string of the molecule is COC(=O)[C@H]1N=CN([C@H](C(=O)OC)C(C)C)[C@@H]1C(F)(F)F. The lowest BCUT2D eigenvalue weighted by molar-refractivity contribution is -0.190. The maximum atomic E-state index is 13.3. The van der Waals surface area contributed by atoms with Crippen molar-refractivity contribution in [2.24, 2.45) is 10.9 Å². The number of hydrogen-bond donors (Lipinski definition) is 0. The first kappa shape index (κ1) is 17.3. The Morgan fingerprint density at radius 3 is 2.19 bits per heavy atom. The van der Waals surface area contributed by atoms with Crippen LogP contribution < -0.4 is 0 Å². The number of carbonyl (C=O) groups excluding carboxylic acids is 2. The molecule has 0 saturated heterocycles. The van der Waals surface area contributed by atoms with Crippen molar-refractivity contribution < 1.29 is 32.2 Å². The normalized spacial score (nSPS) is 23.3. The maximum Gasteiger partial charge on any atom is 0.411 e. The summed E-state index contributed by atoms with van der Waals surface area (Å²) in [4.78, 5) is 27.5. The van der Waals surface area contributed by atoms with Gasteiger partial charge in [0.2, 0.25) is 0 Å². The van der Waals surface area contributed by atoms with E-state index in [4.69, 9.17) is 0 Å². The van der Waals surface area contributed by atoms with Crippen LogP contribution in [0.1, 0.15) is 13.8 Å². The zero-order chi connectivity index (χ0) is 16.4. The van der Waals surface area contributed by atoms with Crippen molar-refractivity contribution in [3.63, 3.8) is 0 Å². The van der Waals surface area contributed by atoms with E-state index in [0.717, 1.165) is 25.5 Å². The molecule has 0 N–H and O–H groups in total. The van der Waals surface area contributed by atoms with Gasteiger partial charge in [-0.3, -0.25) is 4.99 Å². The van der Waals surface area contributed by atoms with E-state index in [1.165, 1.54) is 0 Å². The third-order valence-electron chi connectivity index (χ3n) is 3.15. The first-order valence-corrected chi connectivity index (χ1v) is 6.18. The smallest absolute Gasteiger partial charge is 0.411 e. The molecule has 0 bridgehead atoms. The summed E-state index contributed by atoms with van der Waals surface area (Å²) in [6, 6.07) is -5.20. The maximum absolute atomic E-state index is 13.3. The van der Waals surface area contributed by atoms with Gasteiger partial charge in [-0.2, -0.15) is 13.2 Å². The van der Waals surface area contributed by atoms with E-state index in [1.807, 2.05) is 0 Å². The van der Waals surface area contributed by atoms with Crippen LogP contribution in [0.2, 0.25) is 0 Å². The topological polar surface area (TPSA) is 68.2 Å². The minimum Gasteiger partial charge on any atom is -0.467 e. The Bertz CT molecular complexity index is 437. The molecular weight excluding hydrogens is 293 g/mol. The Balaban J connectivity index is 3.19. The van der Waals surface area contributed by atoms with Crippen molar-refractivity contribution in [1.29, 1.82) is 0 Å². The summed E-state index contributed by atoms with van der Waals surface area (Å²) in [5, 5.41) is 0. The molecule has 1 aliphatic heterocycles. The van der Waals surface area contributed by atoms with Gasteiger partial charge >= 0.3 is 18.1 Å². The summed E-state index contributed by atoms with van der Waals surface area (Å²) in [6.45, 7) is 3.16. The molecule has 0 amide bonds. The minimum atomic E-state index is -4.75. The van der Waals surface area contributed by atoms with Crippen LogP contribution in [-0.2, 0) is 19.1 Å².